The van der Waals surface area contributed by atoms with Crippen LogP contribution >= 0.6 is 0 Å². The lowest BCUT2D eigenvalue weighted by Crippen LogP contribution is -2.27. The van der Waals surface area contributed by atoms with Crippen LogP contribution < -0.4 is 11.1 Å². The summed E-state index contributed by atoms with van der Waals surface area (Å²) in [6.07, 6.45) is 3.07. The Morgan fingerprint density at radius 3 is 2.62 bits per heavy atom. The Bertz CT molecular complexity index is 466. The minimum atomic E-state index is -0.641. The highest BCUT2D eigenvalue weighted by molar-refractivity contribution is 5.76. The molecule has 0 aromatic heterocycles. The Balaban J connectivity index is 2.50. The van der Waals surface area contributed by atoms with Gasteiger partial charge in [-0.1, -0.05) is 19.4 Å². The Labute approximate surface area is 124 Å². The van der Waals surface area contributed by atoms with Gasteiger partial charge in [0, 0.05) is 18.1 Å². The van der Waals surface area contributed by atoms with E-state index >= 15 is 0 Å². The Morgan fingerprint density at radius 2 is 2.05 bits per heavy atom. The molecule has 1 amide bonds. The Kier molecular flexibility index (Phi) is 7.29. The van der Waals surface area contributed by atoms with Crippen LogP contribution in [0.4, 0.5) is 8.78 Å². The number of carbonyl (C=O) groups excluding carboxylic acids is 1. The van der Waals surface area contributed by atoms with Gasteiger partial charge in [0.1, 0.15) is 11.6 Å². The first-order valence-corrected chi connectivity index (χ1v) is 7.42. The fourth-order valence-corrected chi connectivity index (χ4v) is 2.37. The smallest absolute Gasteiger partial charge is 0.220 e. The van der Waals surface area contributed by atoms with Gasteiger partial charge in [0.2, 0.25) is 5.91 Å². The van der Waals surface area contributed by atoms with Gasteiger partial charge in [-0.3, -0.25) is 4.79 Å². The first-order valence-electron chi connectivity index (χ1n) is 7.42. The number of carbonyl (C=O) groups is 1. The Hall–Kier alpha value is -1.49. The molecule has 2 atom stereocenters. The average molecular weight is 298 g/mol. The maximum Gasteiger partial charge on any atom is 0.220 e. The molecular weight excluding hydrogens is 274 g/mol. The van der Waals surface area contributed by atoms with Gasteiger partial charge in [0.25, 0.3) is 0 Å². The molecule has 2 unspecified atom stereocenters. The summed E-state index contributed by atoms with van der Waals surface area (Å²) in [6, 6.07) is 2.90. The van der Waals surface area contributed by atoms with Gasteiger partial charge in [-0.05, 0) is 38.3 Å². The predicted octanol–water partition coefficient (Wildman–Crippen LogP) is 3.30. The third-order valence-electron chi connectivity index (χ3n) is 3.74. The van der Waals surface area contributed by atoms with Crippen LogP contribution in [0.5, 0.6) is 0 Å². The van der Waals surface area contributed by atoms with E-state index in [2.05, 4.69) is 12.2 Å². The largest absolute Gasteiger partial charge is 0.349 e. The van der Waals surface area contributed by atoms with Crippen molar-refractivity contribution in [1.29, 1.82) is 0 Å². The molecule has 0 heterocycles. The minimum Gasteiger partial charge on any atom is -0.349 e. The molecule has 0 fully saturated rings. The van der Waals surface area contributed by atoms with Crippen molar-refractivity contribution in [3.63, 3.8) is 0 Å². The van der Waals surface area contributed by atoms with E-state index in [9.17, 15) is 13.6 Å². The van der Waals surface area contributed by atoms with Gasteiger partial charge in [0.15, 0.2) is 0 Å². The molecule has 0 saturated heterocycles. The SMILES string of the molecule is CCC(CCN)CCC(=O)NC(C)c1ccc(F)cc1F. The molecule has 1 rings (SSSR count). The van der Waals surface area contributed by atoms with Crippen molar-refractivity contribution in [3.05, 3.63) is 35.4 Å². The number of hydrogen-bond acceptors (Lipinski definition) is 2. The second-order valence-electron chi connectivity index (χ2n) is 5.35. The van der Waals surface area contributed by atoms with E-state index in [-0.39, 0.29) is 5.91 Å². The van der Waals surface area contributed by atoms with Crippen molar-refractivity contribution in [2.75, 3.05) is 6.54 Å². The fourth-order valence-electron chi connectivity index (χ4n) is 2.37. The van der Waals surface area contributed by atoms with Crippen LogP contribution in [-0.4, -0.2) is 12.5 Å². The van der Waals surface area contributed by atoms with Crippen LogP contribution in [0.3, 0.4) is 0 Å². The summed E-state index contributed by atoms with van der Waals surface area (Å²) >= 11 is 0. The zero-order valence-corrected chi connectivity index (χ0v) is 12.7. The molecule has 0 bridgehead atoms. The summed E-state index contributed by atoms with van der Waals surface area (Å²) in [5.74, 6) is -0.944. The van der Waals surface area contributed by atoms with E-state index in [1.807, 2.05) is 0 Å². The fraction of sp³-hybridized carbons (Fsp3) is 0.562. The van der Waals surface area contributed by atoms with Crippen LogP contribution in [0.2, 0.25) is 0 Å². The van der Waals surface area contributed by atoms with Crippen molar-refractivity contribution in [3.8, 4) is 0 Å². The highest BCUT2D eigenvalue weighted by atomic mass is 19.1. The van der Waals surface area contributed by atoms with Gasteiger partial charge in [-0.15, -0.1) is 0 Å². The highest BCUT2D eigenvalue weighted by Crippen LogP contribution is 2.19. The van der Waals surface area contributed by atoms with Crippen LogP contribution in [0.15, 0.2) is 18.2 Å². The van der Waals surface area contributed by atoms with Gasteiger partial charge >= 0.3 is 0 Å². The maximum absolute atomic E-state index is 13.6. The zero-order valence-electron chi connectivity index (χ0n) is 12.7. The van der Waals surface area contributed by atoms with E-state index in [1.165, 1.54) is 12.1 Å². The molecule has 0 radical (unpaired) electrons. The summed E-state index contributed by atoms with van der Waals surface area (Å²) in [4.78, 5) is 11.9. The quantitative estimate of drug-likeness (QED) is 0.773. The lowest BCUT2D eigenvalue weighted by Gasteiger charge is -2.17. The van der Waals surface area contributed by atoms with Crippen molar-refractivity contribution < 1.29 is 13.6 Å². The molecule has 1 aromatic carbocycles. The van der Waals surface area contributed by atoms with Crippen LogP contribution in [-0.2, 0) is 4.79 Å². The number of halogens is 2. The van der Waals surface area contributed by atoms with Crippen LogP contribution in [0, 0.1) is 17.6 Å². The molecule has 0 aliphatic heterocycles. The van der Waals surface area contributed by atoms with Crippen molar-refractivity contribution in [2.45, 2.75) is 45.6 Å². The lowest BCUT2D eigenvalue weighted by molar-refractivity contribution is -0.122. The van der Waals surface area contributed by atoms with E-state index in [4.69, 9.17) is 5.73 Å². The molecule has 0 aliphatic rings. The zero-order chi connectivity index (χ0) is 15.8. The Morgan fingerprint density at radius 1 is 1.33 bits per heavy atom. The summed E-state index contributed by atoms with van der Waals surface area (Å²) < 4.78 is 26.5. The van der Waals surface area contributed by atoms with Crippen molar-refractivity contribution in [1.82, 2.24) is 5.32 Å². The summed E-state index contributed by atoms with van der Waals surface area (Å²) in [7, 11) is 0. The second kappa shape index (κ2) is 8.72. The predicted molar refractivity (Wildman–Crippen MR) is 79.6 cm³/mol. The summed E-state index contributed by atoms with van der Waals surface area (Å²) in [6.45, 7) is 4.39. The van der Waals surface area contributed by atoms with E-state index in [0.717, 1.165) is 25.3 Å². The number of rotatable bonds is 8. The molecule has 5 heteroatoms. The van der Waals surface area contributed by atoms with Gasteiger partial charge < -0.3 is 11.1 Å². The maximum atomic E-state index is 13.6. The first-order chi connectivity index (χ1) is 9.97. The lowest BCUT2D eigenvalue weighted by atomic mass is 9.96. The standard InChI is InChI=1S/C16H24F2N2O/c1-3-12(8-9-19)4-7-16(21)20-11(2)14-6-5-13(17)10-15(14)18/h5-6,10-12H,3-4,7-9,19H2,1-2H3,(H,20,21). The van der Waals surface area contributed by atoms with E-state index < -0.39 is 17.7 Å². The van der Waals surface area contributed by atoms with Gasteiger partial charge in [0.05, 0.1) is 6.04 Å². The number of hydrogen-bond donors (Lipinski definition) is 2. The van der Waals surface area contributed by atoms with Gasteiger partial charge in [-0.2, -0.15) is 0 Å². The first kappa shape index (κ1) is 17.6. The molecule has 118 valence electrons. The third kappa shape index (κ3) is 5.79. The van der Waals surface area contributed by atoms with E-state index in [1.54, 1.807) is 6.92 Å². The summed E-state index contributed by atoms with van der Waals surface area (Å²) in [5.41, 5.74) is 5.81. The third-order valence-corrected chi connectivity index (χ3v) is 3.74. The molecule has 21 heavy (non-hydrogen) atoms. The molecule has 0 spiro atoms. The molecule has 3 N–H and O–H groups in total. The van der Waals surface area contributed by atoms with Crippen molar-refractivity contribution >= 4 is 5.91 Å². The second-order valence-corrected chi connectivity index (χ2v) is 5.35. The van der Waals surface area contributed by atoms with Crippen LogP contribution in [0.1, 0.15) is 51.1 Å². The normalized spacial score (nSPS) is 13.8. The van der Waals surface area contributed by atoms with Crippen LogP contribution in [0.25, 0.3) is 0 Å². The topological polar surface area (TPSA) is 55.1 Å². The monoisotopic (exact) mass is 298 g/mol. The molecule has 0 aliphatic carbocycles. The number of amides is 1. The number of nitrogens with one attached hydrogen (secondary N) is 1. The number of nitrogens with two attached hydrogens (primary N) is 1. The van der Waals surface area contributed by atoms with Crippen molar-refractivity contribution in [2.24, 2.45) is 11.7 Å². The molecular formula is C16H24F2N2O. The molecule has 1 aromatic rings. The molecule has 3 nitrogen and oxygen atoms in total. The van der Waals surface area contributed by atoms with E-state index in [0.29, 0.717) is 24.4 Å². The summed E-state index contributed by atoms with van der Waals surface area (Å²) in [5, 5.41) is 2.75. The number of benzene rings is 1. The van der Waals surface area contributed by atoms with Gasteiger partial charge in [-0.25, -0.2) is 8.78 Å². The highest BCUT2D eigenvalue weighted by Gasteiger charge is 2.15. The molecule has 0 saturated carbocycles. The minimum absolute atomic E-state index is 0.123. The average Bonchev–Trinajstić information content (AvgIpc) is 2.43.